The maximum Gasteiger partial charge on any atom is 0.244 e. The fraction of sp³-hybridized carbons (Fsp3) is 0.727. The molecule has 29 heavy (non-hydrogen) atoms. The van der Waals surface area contributed by atoms with E-state index in [-0.39, 0.29) is 16.7 Å². The van der Waals surface area contributed by atoms with Gasteiger partial charge in [-0.05, 0) is 62.5 Å². The number of rotatable bonds is 8. The molecule has 2 aliphatic rings. The summed E-state index contributed by atoms with van der Waals surface area (Å²) in [4.78, 5) is 16.7. The molecule has 2 fully saturated rings. The van der Waals surface area contributed by atoms with E-state index in [1.807, 2.05) is 0 Å². The second kappa shape index (κ2) is 10.5. The Morgan fingerprint density at radius 1 is 1.14 bits per heavy atom. The number of nitrogens with zero attached hydrogens (tertiary/aromatic N) is 2. The first-order valence-electron chi connectivity index (χ1n) is 11.2. The zero-order chi connectivity index (χ0) is 20.7. The number of aromatic nitrogens is 1. The van der Waals surface area contributed by atoms with Gasteiger partial charge in [0.15, 0.2) is 0 Å². The first-order chi connectivity index (χ1) is 14.0. The molecule has 0 aromatic carbocycles. The van der Waals surface area contributed by atoms with Crippen molar-refractivity contribution in [3.63, 3.8) is 0 Å². The lowest BCUT2D eigenvalue weighted by molar-refractivity contribution is -0.126. The molecule has 1 saturated carbocycles. The number of carbonyl (C=O) groups is 1. The summed E-state index contributed by atoms with van der Waals surface area (Å²) in [6.45, 7) is 3.90. The molecule has 1 saturated heterocycles. The average molecular weight is 422 g/mol. The third-order valence-corrected chi connectivity index (χ3v) is 8.48. The molecule has 0 spiro atoms. The molecule has 0 unspecified atom stereocenters. The van der Waals surface area contributed by atoms with Crippen molar-refractivity contribution in [2.24, 2.45) is 17.8 Å². The summed E-state index contributed by atoms with van der Waals surface area (Å²) in [5, 5.41) is 3.15. The van der Waals surface area contributed by atoms with Crippen LogP contribution in [-0.4, -0.2) is 43.2 Å². The van der Waals surface area contributed by atoms with Gasteiger partial charge in [0.2, 0.25) is 15.9 Å². The minimum Gasteiger partial charge on any atom is -0.356 e. The third-order valence-electron chi connectivity index (χ3n) is 6.59. The maximum absolute atomic E-state index is 12.7. The largest absolute Gasteiger partial charge is 0.356 e. The van der Waals surface area contributed by atoms with Crippen LogP contribution in [0.5, 0.6) is 0 Å². The van der Waals surface area contributed by atoms with Crippen LogP contribution < -0.4 is 5.32 Å². The summed E-state index contributed by atoms with van der Waals surface area (Å²) < 4.78 is 26.9. The molecule has 0 radical (unpaired) electrons. The van der Waals surface area contributed by atoms with Gasteiger partial charge in [-0.1, -0.05) is 26.2 Å². The summed E-state index contributed by atoms with van der Waals surface area (Å²) in [6, 6.07) is 3.23. The molecule has 1 aliphatic carbocycles. The molecule has 2 heterocycles. The van der Waals surface area contributed by atoms with Crippen LogP contribution >= 0.6 is 0 Å². The number of pyridine rings is 1. The van der Waals surface area contributed by atoms with Crippen molar-refractivity contribution in [1.82, 2.24) is 14.6 Å². The molecule has 1 aliphatic heterocycles. The molecule has 7 heteroatoms. The predicted molar refractivity (Wildman–Crippen MR) is 114 cm³/mol. The van der Waals surface area contributed by atoms with E-state index in [2.05, 4.69) is 17.2 Å². The van der Waals surface area contributed by atoms with E-state index in [9.17, 15) is 13.2 Å². The minimum absolute atomic E-state index is 0.166. The van der Waals surface area contributed by atoms with Crippen molar-refractivity contribution in [3.05, 3.63) is 24.5 Å². The number of carbonyl (C=O) groups excluding carboxylic acids is 1. The van der Waals surface area contributed by atoms with E-state index in [4.69, 9.17) is 0 Å². The SMILES string of the molecule is CCCCC1CCC(C(=O)NCC2CCN(S(=O)(=O)c3cccnc3)CC2)CC1. The Kier molecular flexibility index (Phi) is 8.07. The van der Waals surface area contributed by atoms with Crippen LogP contribution in [0.2, 0.25) is 0 Å². The normalized spacial score (nSPS) is 24.3. The fourth-order valence-electron chi connectivity index (χ4n) is 4.60. The Hall–Kier alpha value is -1.47. The van der Waals surface area contributed by atoms with Crippen LogP contribution in [0.25, 0.3) is 0 Å². The lowest BCUT2D eigenvalue weighted by Gasteiger charge is -2.32. The Morgan fingerprint density at radius 3 is 2.48 bits per heavy atom. The van der Waals surface area contributed by atoms with Crippen molar-refractivity contribution in [2.45, 2.75) is 69.6 Å². The molecule has 0 bridgehead atoms. The molecule has 6 nitrogen and oxygen atoms in total. The Labute approximate surface area is 175 Å². The second-order valence-corrected chi connectivity index (χ2v) is 10.6. The van der Waals surface area contributed by atoms with Crippen molar-refractivity contribution in [2.75, 3.05) is 19.6 Å². The van der Waals surface area contributed by atoms with Gasteiger partial charge in [0.1, 0.15) is 4.90 Å². The Bertz CT molecular complexity index is 738. The highest BCUT2D eigenvalue weighted by molar-refractivity contribution is 7.89. The van der Waals surface area contributed by atoms with Crippen molar-refractivity contribution in [1.29, 1.82) is 0 Å². The summed E-state index contributed by atoms with van der Waals surface area (Å²) in [7, 11) is -3.46. The highest BCUT2D eigenvalue weighted by Gasteiger charge is 2.30. The number of sulfonamides is 1. The molecule has 1 aromatic heterocycles. The highest BCUT2D eigenvalue weighted by Crippen LogP contribution is 2.32. The third kappa shape index (κ3) is 6.01. The molecule has 1 N–H and O–H groups in total. The van der Waals surface area contributed by atoms with E-state index < -0.39 is 10.0 Å². The summed E-state index contributed by atoms with van der Waals surface area (Å²) in [5.74, 6) is 1.52. The summed E-state index contributed by atoms with van der Waals surface area (Å²) in [6.07, 6.45) is 12.8. The number of hydrogen-bond acceptors (Lipinski definition) is 4. The van der Waals surface area contributed by atoms with Gasteiger partial charge >= 0.3 is 0 Å². The standard InChI is InChI=1S/C22H35N3O3S/c1-2-3-5-18-7-9-20(10-8-18)22(26)24-16-19-11-14-25(15-12-19)29(27,28)21-6-4-13-23-17-21/h4,6,13,17-20H,2-3,5,7-12,14-16H2,1H3,(H,24,26). The van der Waals surface area contributed by atoms with Gasteiger partial charge in [-0.2, -0.15) is 4.31 Å². The quantitative estimate of drug-likeness (QED) is 0.696. The van der Waals surface area contributed by atoms with E-state index in [1.54, 1.807) is 22.6 Å². The van der Waals surface area contributed by atoms with Crippen molar-refractivity contribution in [3.8, 4) is 0 Å². The second-order valence-electron chi connectivity index (χ2n) is 8.64. The van der Waals surface area contributed by atoms with E-state index in [0.717, 1.165) is 31.6 Å². The van der Waals surface area contributed by atoms with Crippen LogP contribution in [0.3, 0.4) is 0 Å². The van der Waals surface area contributed by atoms with E-state index >= 15 is 0 Å². The van der Waals surface area contributed by atoms with Crippen molar-refractivity contribution < 1.29 is 13.2 Å². The number of piperidine rings is 1. The molecular weight excluding hydrogens is 386 g/mol. The van der Waals surface area contributed by atoms with E-state index in [1.165, 1.54) is 38.3 Å². The number of unbranched alkanes of at least 4 members (excludes halogenated alkanes) is 1. The van der Waals surface area contributed by atoms with Gasteiger partial charge in [0, 0.05) is 37.9 Å². The molecule has 162 valence electrons. The minimum atomic E-state index is -3.46. The first kappa shape index (κ1) is 22.2. The van der Waals surface area contributed by atoms with Gasteiger partial charge < -0.3 is 5.32 Å². The molecule has 1 aromatic rings. The number of amides is 1. The summed E-state index contributed by atoms with van der Waals surface area (Å²) in [5.41, 5.74) is 0. The van der Waals surface area contributed by atoms with Crippen molar-refractivity contribution >= 4 is 15.9 Å². The Balaban J connectivity index is 1.39. The van der Waals surface area contributed by atoms with Gasteiger partial charge in [-0.3, -0.25) is 9.78 Å². The number of nitrogens with one attached hydrogen (secondary N) is 1. The van der Waals surface area contributed by atoms with Crippen LogP contribution in [0.1, 0.15) is 64.7 Å². The zero-order valence-corrected chi connectivity index (χ0v) is 18.4. The molecule has 1 amide bonds. The average Bonchev–Trinajstić information content (AvgIpc) is 2.77. The smallest absolute Gasteiger partial charge is 0.244 e. The van der Waals surface area contributed by atoms with Crippen LogP contribution in [0.15, 0.2) is 29.4 Å². The van der Waals surface area contributed by atoms with Crippen LogP contribution in [-0.2, 0) is 14.8 Å². The van der Waals surface area contributed by atoms with E-state index in [0.29, 0.717) is 25.6 Å². The monoisotopic (exact) mass is 421 g/mol. The predicted octanol–water partition coefficient (Wildman–Crippen LogP) is 3.60. The molecule has 3 rings (SSSR count). The first-order valence-corrected chi connectivity index (χ1v) is 12.6. The Morgan fingerprint density at radius 2 is 1.86 bits per heavy atom. The summed E-state index contributed by atoms with van der Waals surface area (Å²) >= 11 is 0. The number of hydrogen-bond donors (Lipinski definition) is 1. The highest BCUT2D eigenvalue weighted by atomic mass is 32.2. The lowest BCUT2D eigenvalue weighted by Crippen LogP contribution is -2.42. The van der Waals surface area contributed by atoms with Gasteiger partial charge in [-0.25, -0.2) is 8.42 Å². The molecular formula is C22H35N3O3S. The fourth-order valence-corrected chi connectivity index (χ4v) is 6.03. The van der Waals surface area contributed by atoms with Gasteiger partial charge in [0.05, 0.1) is 0 Å². The lowest BCUT2D eigenvalue weighted by atomic mass is 9.79. The van der Waals surface area contributed by atoms with Gasteiger partial charge in [0.25, 0.3) is 0 Å². The molecule has 0 atom stereocenters. The van der Waals surface area contributed by atoms with Crippen LogP contribution in [0, 0.1) is 17.8 Å². The topological polar surface area (TPSA) is 79.4 Å². The van der Waals surface area contributed by atoms with Gasteiger partial charge in [-0.15, -0.1) is 0 Å². The maximum atomic E-state index is 12.7. The zero-order valence-electron chi connectivity index (χ0n) is 17.6. The van der Waals surface area contributed by atoms with Crippen LogP contribution in [0.4, 0.5) is 0 Å².